The minimum atomic E-state index is -0.796. The van der Waals surface area contributed by atoms with Gasteiger partial charge in [0, 0.05) is 11.8 Å². The van der Waals surface area contributed by atoms with Crippen LogP contribution in [0.15, 0.2) is 96.1 Å². The van der Waals surface area contributed by atoms with Crippen LogP contribution < -0.4 is 9.47 Å². The molecule has 2 saturated heterocycles. The van der Waals surface area contributed by atoms with E-state index in [1.54, 1.807) is 14.2 Å². The summed E-state index contributed by atoms with van der Waals surface area (Å²) in [5.41, 5.74) is 2.52. The van der Waals surface area contributed by atoms with Crippen molar-refractivity contribution < 1.29 is 38.0 Å². The number of esters is 2. The second-order valence-electron chi connectivity index (χ2n) is 11.3. The topological polar surface area (TPSA) is 89.5 Å². The molecule has 6 rings (SSSR count). The number of methoxy groups -OCH3 is 4. The molecule has 0 saturated carbocycles. The van der Waals surface area contributed by atoms with E-state index in [9.17, 15) is 9.59 Å². The van der Waals surface area contributed by atoms with Gasteiger partial charge in [-0.1, -0.05) is 60.7 Å². The summed E-state index contributed by atoms with van der Waals surface area (Å²) < 4.78 is 31.7. The van der Waals surface area contributed by atoms with Crippen LogP contribution in [0.3, 0.4) is 0 Å². The van der Waals surface area contributed by atoms with Crippen molar-refractivity contribution in [3.63, 3.8) is 0 Å². The molecule has 0 spiro atoms. The van der Waals surface area contributed by atoms with E-state index in [1.165, 1.54) is 14.2 Å². The molecule has 0 bridgehead atoms. The monoisotopic (exact) mass is 600 g/mol. The van der Waals surface area contributed by atoms with Gasteiger partial charge >= 0.3 is 11.9 Å². The highest BCUT2D eigenvalue weighted by atomic mass is 16.5. The smallest absolute Gasteiger partial charge is 0.320 e. The molecule has 8 nitrogen and oxygen atoms in total. The largest absolute Gasteiger partial charge is 0.497 e. The van der Waals surface area contributed by atoms with E-state index in [0.29, 0.717) is 39.3 Å². The second kappa shape index (κ2) is 13.7. The van der Waals surface area contributed by atoms with Crippen LogP contribution in [-0.4, -0.2) is 66.8 Å². The van der Waals surface area contributed by atoms with Gasteiger partial charge in [0.05, 0.1) is 54.9 Å². The standard InChI is InChI=1S/2C18H20O4/c2*1-20-16-7-5-15(6-8-16)18(17(19)21-2)9-3-4-13-11-22-12-14(13)10-18/h2*3-8,10,13H,9,11-12H2,1-2H3/t2*13-,18+/m11/s1. The Bertz CT molecular complexity index is 1340. The Morgan fingerprint density at radius 3 is 1.36 bits per heavy atom. The predicted molar refractivity (Wildman–Crippen MR) is 166 cm³/mol. The van der Waals surface area contributed by atoms with Gasteiger partial charge in [-0.05, 0) is 59.4 Å². The molecule has 2 aliphatic heterocycles. The van der Waals surface area contributed by atoms with E-state index in [1.807, 2.05) is 60.7 Å². The van der Waals surface area contributed by atoms with Crippen molar-refractivity contribution in [3.8, 4) is 11.5 Å². The summed E-state index contributed by atoms with van der Waals surface area (Å²) in [7, 11) is 6.12. The number of allylic oxidation sites excluding steroid dienone is 2. The van der Waals surface area contributed by atoms with Crippen LogP contribution in [0, 0.1) is 11.8 Å². The lowest BCUT2D eigenvalue weighted by molar-refractivity contribution is -0.146. The summed E-state index contributed by atoms with van der Waals surface area (Å²) in [6.07, 6.45) is 13.6. The number of hydrogen-bond acceptors (Lipinski definition) is 8. The number of rotatable bonds is 6. The van der Waals surface area contributed by atoms with Gasteiger partial charge in [-0.25, -0.2) is 0 Å². The molecule has 0 unspecified atom stereocenters. The van der Waals surface area contributed by atoms with Crippen molar-refractivity contribution in [2.75, 3.05) is 54.9 Å². The third-order valence-electron chi connectivity index (χ3n) is 8.87. The molecule has 2 fully saturated rings. The van der Waals surface area contributed by atoms with Crippen LogP contribution in [0.2, 0.25) is 0 Å². The molecular weight excluding hydrogens is 560 g/mol. The lowest BCUT2D eigenvalue weighted by Crippen LogP contribution is -2.35. The summed E-state index contributed by atoms with van der Waals surface area (Å²) in [4.78, 5) is 25.2. The quantitative estimate of drug-likeness (QED) is 0.327. The first-order chi connectivity index (χ1) is 21.4. The number of fused-ring (bicyclic) bond motifs is 2. The van der Waals surface area contributed by atoms with Crippen molar-refractivity contribution in [2.24, 2.45) is 11.8 Å². The fraction of sp³-hybridized carbons (Fsp3) is 0.389. The van der Waals surface area contributed by atoms with Gasteiger partial charge in [-0.2, -0.15) is 0 Å². The summed E-state index contributed by atoms with van der Waals surface area (Å²) in [6, 6.07) is 15.2. The third kappa shape index (κ3) is 6.10. The van der Waals surface area contributed by atoms with Crippen molar-refractivity contribution >= 4 is 11.9 Å². The zero-order valence-electron chi connectivity index (χ0n) is 25.7. The van der Waals surface area contributed by atoms with E-state index in [2.05, 4.69) is 24.3 Å². The van der Waals surface area contributed by atoms with Crippen molar-refractivity contribution in [2.45, 2.75) is 23.7 Å². The van der Waals surface area contributed by atoms with Crippen molar-refractivity contribution in [3.05, 3.63) is 107 Å². The molecule has 2 aromatic carbocycles. The van der Waals surface area contributed by atoms with E-state index in [0.717, 1.165) is 33.8 Å². The lowest BCUT2D eigenvalue weighted by atomic mass is 9.76. The average molecular weight is 601 g/mol. The maximum absolute atomic E-state index is 12.6. The van der Waals surface area contributed by atoms with E-state index in [-0.39, 0.29) is 23.8 Å². The third-order valence-corrected chi connectivity index (χ3v) is 8.87. The van der Waals surface area contributed by atoms with Gasteiger partial charge in [-0.15, -0.1) is 0 Å². The fourth-order valence-electron chi connectivity index (χ4n) is 6.34. The van der Waals surface area contributed by atoms with Crippen LogP contribution in [0.4, 0.5) is 0 Å². The van der Waals surface area contributed by atoms with Crippen LogP contribution in [0.1, 0.15) is 24.0 Å². The summed E-state index contributed by atoms with van der Waals surface area (Å²) in [5, 5.41) is 0. The van der Waals surface area contributed by atoms with Crippen LogP contribution in [-0.2, 0) is 39.4 Å². The number of hydrogen-bond donors (Lipinski definition) is 0. The first kappa shape index (κ1) is 31.3. The van der Waals surface area contributed by atoms with Gasteiger partial charge in [0.15, 0.2) is 0 Å². The van der Waals surface area contributed by atoms with Crippen LogP contribution >= 0.6 is 0 Å². The van der Waals surface area contributed by atoms with Gasteiger partial charge < -0.3 is 28.4 Å². The molecule has 8 heteroatoms. The van der Waals surface area contributed by atoms with E-state index >= 15 is 0 Å². The fourth-order valence-corrected chi connectivity index (χ4v) is 6.34. The Labute approximate surface area is 258 Å². The molecule has 0 radical (unpaired) electrons. The number of benzene rings is 2. The molecule has 2 heterocycles. The molecule has 0 N–H and O–H groups in total. The van der Waals surface area contributed by atoms with Gasteiger partial charge in [0.25, 0.3) is 0 Å². The van der Waals surface area contributed by atoms with E-state index in [4.69, 9.17) is 28.4 Å². The molecule has 44 heavy (non-hydrogen) atoms. The van der Waals surface area contributed by atoms with Gasteiger partial charge in [0.1, 0.15) is 22.3 Å². The SMILES string of the molecule is COC(=O)[C@]1(c2ccc(OC)cc2)C=C2COC[C@H]2C=CC1.COC(=O)[C@]1(c2ccc(OC)cc2)C=C2COC[C@H]2C=CC1. The number of ether oxygens (including phenoxy) is 6. The zero-order chi connectivity index (χ0) is 31.2. The molecule has 4 atom stereocenters. The van der Waals surface area contributed by atoms with E-state index < -0.39 is 10.8 Å². The molecule has 232 valence electrons. The first-order valence-electron chi connectivity index (χ1n) is 14.8. The minimum absolute atomic E-state index is 0.248. The maximum Gasteiger partial charge on any atom is 0.320 e. The summed E-state index contributed by atoms with van der Waals surface area (Å²) >= 11 is 0. The number of carbonyl (C=O) groups is 2. The molecule has 2 aliphatic carbocycles. The Balaban J connectivity index is 0.000000175. The second-order valence-corrected chi connectivity index (χ2v) is 11.3. The molecule has 2 aromatic rings. The zero-order valence-corrected chi connectivity index (χ0v) is 25.7. The van der Waals surface area contributed by atoms with Crippen LogP contribution in [0.5, 0.6) is 11.5 Å². The Hall–Kier alpha value is -4.14. The maximum atomic E-state index is 12.6. The predicted octanol–water partition coefficient (Wildman–Crippen LogP) is 5.28. The highest BCUT2D eigenvalue weighted by Crippen LogP contribution is 2.40. The molecule has 0 amide bonds. The summed E-state index contributed by atoms with van der Waals surface area (Å²) in [6.45, 7) is 2.51. The van der Waals surface area contributed by atoms with Gasteiger partial charge in [0.2, 0.25) is 0 Å². The normalized spacial score (nSPS) is 26.8. The van der Waals surface area contributed by atoms with Crippen LogP contribution in [0.25, 0.3) is 0 Å². The Kier molecular flexibility index (Phi) is 9.71. The average Bonchev–Trinajstić information content (AvgIpc) is 3.61. The minimum Gasteiger partial charge on any atom is -0.497 e. The van der Waals surface area contributed by atoms with Gasteiger partial charge in [-0.3, -0.25) is 9.59 Å². The highest BCUT2D eigenvalue weighted by Gasteiger charge is 2.42. The number of carbonyl (C=O) groups excluding carboxylic acids is 2. The van der Waals surface area contributed by atoms with Crippen molar-refractivity contribution in [1.29, 1.82) is 0 Å². The Morgan fingerprint density at radius 2 is 1.02 bits per heavy atom. The van der Waals surface area contributed by atoms with Crippen molar-refractivity contribution in [1.82, 2.24) is 0 Å². The molecule has 4 aliphatic rings. The highest BCUT2D eigenvalue weighted by molar-refractivity contribution is 5.87. The summed E-state index contributed by atoms with van der Waals surface area (Å²) in [5.74, 6) is 1.57. The lowest BCUT2D eigenvalue weighted by Gasteiger charge is -2.27. The molecule has 0 aromatic heterocycles. The Morgan fingerprint density at radius 1 is 0.636 bits per heavy atom. The molecular formula is C36H40O8. The first-order valence-corrected chi connectivity index (χ1v) is 14.8.